The van der Waals surface area contributed by atoms with Gasteiger partial charge in [0.05, 0.1) is 39.9 Å². The molecule has 1 N–H and O–H groups in total. The number of phenolic OH excluding ortho intramolecular Hbond substituents is 1. The number of pyridine rings is 1. The van der Waals surface area contributed by atoms with E-state index in [0.29, 0.717) is 47.1 Å². The van der Waals surface area contributed by atoms with E-state index in [1.54, 1.807) is 48.5 Å². The Balaban J connectivity index is 1.32. The maximum absolute atomic E-state index is 13.5. The molecule has 6 rings (SSSR count). The summed E-state index contributed by atoms with van der Waals surface area (Å²) in [5.74, 6) is -2.51. The zero-order valence-electron chi connectivity index (χ0n) is 24.0. The van der Waals surface area contributed by atoms with Crippen molar-refractivity contribution >= 4 is 87.9 Å². The summed E-state index contributed by atoms with van der Waals surface area (Å²) in [5, 5.41) is 10.6. The van der Waals surface area contributed by atoms with Crippen LogP contribution in [-0.2, 0) is 20.7 Å². The molecule has 230 valence electrons. The van der Waals surface area contributed by atoms with Crippen molar-refractivity contribution in [2.75, 3.05) is 11.5 Å². The van der Waals surface area contributed by atoms with Crippen molar-refractivity contribution in [1.29, 1.82) is 0 Å². The van der Waals surface area contributed by atoms with Gasteiger partial charge in [0.25, 0.3) is 0 Å². The summed E-state index contributed by atoms with van der Waals surface area (Å²) in [4.78, 5) is 59.2. The van der Waals surface area contributed by atoms with Crippen LogP contribution in [0.4, 0.5) is 5.69 Å². The molecule has 4 aromatic rings. The van der Waals surface area contributed by atoms with E-state index in [2.05, 4.69) is 47.8 Å². The lowest BCUT2D eigenvalue weighted by molar-refractivity contribution is -0.122. The van der Waals surface area contributed by atoms with Crippen LogP contribution in [0, 0.1) is 11.8 Å². The van der Waals surface area contributed by atoms with Crippen LogP contribution in [0.15, 0.2) is 71.2 Å². The number of para-hydroxylation sites is 1. The van der Waals surface area contributed by atoms with Gasteiger partial charge in [0.15, 0.2) is 6.61 Å². The van der Waals surface area contributed by atoms with Gasteiger partial charge in [-0.25, -0.2) is 9.78 Å². The Morgan fingerprint density at radius 3 is 2.20 bits per heavy atom. The van der Waals surface area contributed by atoms with Crippen molar-refractivity contribution < 1.29 is 29.0 Å². The van der Waals surface area contributed by atoms with E-state index >= 15 is 0 Å². The van der Waals surface area contributed by atoms with Gasteiger partial charge in [-0.3, -0.25) is 19.3 Å². The molecule has 2 amide bonds. The van der Waals surface area contributed by atoms with E-state index < -0.39 is 18.4 Å². The molecule has 2 fully saturated rings. The van der Waals surface area contributed by atoms with Gasteiger partial charge in [-0.05, 0) is 67.3 Å². The SMILES string of the molecule is CCc1cc(Br)cc2c(C(=O)OCC(=O)c3ccccc3O)cc(-c3ccc(N4C(=O)C5CC(Br)C(Br)CC5C4=O)cc3)nc12. The third-order valence-corrected chi connectivity index (χ3v) is 11.6. The van der Waals surface area contributed by atoms with Crippen LogP contribution in [0.5, 0.6) is 5.75 Å². The minimum absolute atomic E-state index is 0.0647. The number of amides is 2. The Labute approximate surface area is 284 Å². The molecule has 1 aliphatic carbocycles. The molecule has 2 heterocycles. The first kappa shape index (κ1) is 31.6. The number of rotatable bonds is 7. The molecule has 1 aromatic heterocycles. The van der Waals surface area contributed by atoms with Crippen LogP contribution < -0.4 is 4.90 Å². The number of fused-ring (bicyclic) bond motifs is 2. The molecular weight excluding hydrogens is 772 g/mol. The van der Waals surface area contributed by atoms with E-state index in [1.807, 2.05) is 13.0 Å². The number of ether oxygens (including phenoxy) is 1. The van der Waals surface area contributed by atoms with Gasteiger partial charge in [-0.15, -0.1) is 0 Å². The number of carbonyl (C=O) groups excluding carboxylic acids is 4. The van der Waals surface area contributed by atoms with Crippen molar-refractivity contribution in [2.45, 2.75) is 35.8 Å². The second-order valence-corrected chi connectivity index (χ2v) is 14.4. The fraction of sp³-hybridized carbons (Fsp3) is 0.265. The molecule has 4 unspecified atom stereocenters. The van der Waals surface area contributed by atoms with E-state index in [-0.39, 0.29) is 50.2 Å². The monoisotopic (exact) mass is 796 g/mol. The fourth-order valence-corrected chi connectivity index (χ4v) is 7.82. The number of aromatic hydroxyl groups is 1. The number of aromatic nitrogens is 1. The summed E-state index contributed by atoms with van der Waals surface area (Å²) in [6.07, 6.45) is 1.83. The van der Waals surface area contributed by atoms with Crippen molar-refractivity contribution in [3.63, 3.8) is 0 Å². The molecule has 1 saturated carbocycles. The molecule has 11 heteroatoms. The number of alkyl halides is 2. The number of halogens is 3. The van der Waals surface area contributed by atoms with E-state index in [1.165, 1.54) is 17.0 Å². The van der Waals surface area contributed by atoms with E-state index in [0.717, 1.165) is 10.0 Å². The summed E-state index contributed by atoms with van der Waals surface area (Å²) in [6.45, 7) is 1.44. The maximum Gasteiger partial charge on any atom is 0.339 e. The van der Waals surface area contributed by atoms with Gasteiger partial charge in [0.1, 0.15) is 5.75 Å². The molecule has 45 heavy (non-hydrogen) atoms. The maximum atomic E-state index is 13.5. The third kappa shape index (κ3) is 5.97. The number of ketones is 1. The summed E-state index contributed by atoms with van der Waals surface area (Å²) in [6, 6.07) is 18.4. The van der Waals surface area contributed by atoms with Crippen LogP contribution in [0.3, 0.4) is 0 Å². The van der Waals surface area contributed by atoms with Gasteiger partial charge < -0.3 is 9.84 Å². The largest absolute Gasteiger partial charge is 0.507 e. The number of phenols is 1. The smallest absolute Gasteiger partial charge is 0.339 e. The summed E-state index contributed by atoms with van der Waals surface area (Å²) in [5.41, 5.74) is 3.45. The first-order valence-corrected chi connectivity index (χ1v) is 17.1. The van der Waals surface area contributed by atoms with Crippen LogP contribution >= 0.6 is 47.8 Å². The number of carbonyl (C=O) groups is 4. The van der Waals surface area contributed by atoms with Gasteiger partial charge >= 0.3 is 5.97 Å². The number of hydrogen-bond donors (Lipinski definition) is 1. The van der Waals surface area contributed by atoms with E-state index in [9.17, 15) is 24.3 Å². The lowest BCUT2D eigenvalue weighted by atomic mass is 9.81. The van der Waals surface area contributed by atoms with Crippen molar-refractivity contribution in [3.8, 4) is 17.0 Å². The number of Topliss-reactive ketones (excluding diaryl/α,β-unsaturated/α-hetero) is 1. The average molecular weight is 799 g/mol. The molecule has 0 bridgehead atoms. The van der Waals surface area contributed by atoms with Crippen LogP contribution in [0.25, 0.3) is 22.2 Å². The van der Waals surface area contributed by atoms with Gasteiger partial charge in [0, 0.05) is 25.1 Å². The third-order valence-electron chi connectivity index (χ3n) is 8.43. The fourth-order valence-electron chi connectivity index (χ4n) is 6.07. The summed E-state index contributed by atoms with van der Waals surface area (Å²) >= 11 is 10.8. The molecule has 2 aliphatic rings. The van der Waals surface area contributed by atoms with Crippen molar-refractivity contribution in [3.05, 3.63) is 87.9 Å². The zero-order valence-corrected chi connectivity index (χ0v) is 28.8. The number of nitrogens with zero attached hydrogens (tertiary/aromatic N) is 2. The zero-order chi connectivity index (χ0) is 32.0. The van der Waals surface area contributed by atoms with Gasteiger partial charge in [-0.1, -0.05) is 79.0 Å². The molecule has 1 aliphatic heterocycles. The Morgan fingerprint density at radius 2 is 1.58 bits per heavy atom. The molecule has 0 radical (unpaired) electrons. The highest BCUT2D eigenvalue weighted by Crippen LogP contribution is 2.44. The first-order chi connectivity index (χ1) is 21.6. The molecule has 0 spiro atoms. The number of benzene rings is 3. The molecule has 3 aromatic carbocycles. The first-order valence-electron chi connectivity index (χ1n) is 14.4. The molecular formula is C34H27Br3N2O6. The number of anilines is 1. The predicted octanol–water partition coefficient (Wildman–Crippen LogP) is 7.40. The molecule has 8 nitrogen and oxygen atoms in total. The Kier molecular flexibility index (Phi) is 8.96. The lowest BCUT2D eigenvalue weighted by Gasteiger charge is -2.29. The molecule has 1 saturated heterocycles. The number of imide groups is 1. The van der Waals surface area contributed by atoms with Crippen LogP contribution in [-0.4, -0.2) is 49.9 Å². The highest BCUT2D eigenvalue weighted by atomic mass is 79.9. The lowest BCUT2D eigenvalue weighted by Crippen LogP contribution is -2.34. The normalized spacial score (nSPS) is 21.2. The van der Waals surface area contributed by atoms with Crippen molar-refractivity contribution in [2.24, 2.45) is 11.8 Å². The highest BCUT2D eigenvalue weighted by Gasteiger charge is 2.52. The molecule has 4 atom stereocenters. The van der Waals surface area contributed by atoms with Gasteiger partial charge in [0.2, 0.25) is 17.6 Å². The van der Waals surface area contributed by atoms with E-state index in [4.69, 9.17) is 9.72 Å². The standard InChI is InChI=1S/C34H27Br3N2O6/c1-2-17-11-19(35)12-22-25(34(44)45-16-30(41)21-5-3-4-6-29(21)40)15-28(38-31(17)22)18-7-9-20(10-8-18)39-32(42)23-13-26(36)27(37)14-24(23)33(39)43/h3-12,15,23-24,26-27,40H,2,13-14,16H2,1H3. The number of hydrogen-bond acceptors (Lipinski definition) is 7. The Hall–Kier alpha value is -3.41. The van der Waals surface area contributed by atoms with Gasteiger partial charge in [-0.2, -0.15) is 0 Å². The van der Waals surface area contributed by atoms with Crippen molar-refractivity contribution in [1.82, 2.24) is 4.98 Å². The summed E-state index contributed by atoms with van der Waals surface area (Å²) in [7, 11) is 0. The summed E-state index contributed by atoms with van der Waals surface area (Å²) < 4.78 is 6.22. The minimum atomic E-state index is -0.713. The quantitative estimate of drug-likeness (QED) is 0.0898. The highest BCUT2D eigenvalue weighted by molar-refractivity contribution is 9.12. The minimum Gasteiger partial charge on any atom is -0.507 e. The van der Waals surface area contributed by atoms with Crippen LogP contribution in [0.2, 0.25) is 0 Å². The average Bonchev–Trinajstić information content (AvgIpc) is 3.27. The second kappa shape index (κ2) is 12.8. The van der Waals surface area contributed by atoms with Crippen LogP contribution in [0.1, 0.15) is 46.0 Å². The Morgan fingerprint density at radius 1 is 0.933 bits per heavy atom. The predicted molar refractivity (Wildman–Crippen MR) is 181 cm³/mol. The number of aryl methyl sites for hydroxylation is 1. The topological polar surface area (TPSA) is 114 Å². The number of esters is 1. The second-order valence-electron chi connectivity index (χ2n) is 11.2. The Bertz CT molecular complexity index is 1830.